The Hall–Kier alpha value is -2.18. The van der Waals surface area contributed by atoms with Crippen LogP contribution in [0.2, 0.25) is 10.3 Å². The molecule has 0 aromatic carbocycles. The lowest BCUT2D eigenvalue weighted by Crippen LogP contribution is -2.37. The van der Waals surface area contributed by atoms with Gasteiger partial charge in [0.2, 0.25) is 0 Å². The van der Waals surface area contributed by atoms with Crippen molar-refractivity contribution in [1.82, 2.24) is 19.8 Å². The summed E-state index contributed by atoms with van der Waals surface area (Å²) in [7, 11) is 0. The van der Waals surface area contributed by atoms with E-state index in [0.29, 0.717) is 43.7 Å². The van der Waals surface area contributed by atoms with Crippen LogP contribution in [-0.4, -0.2) is 57.8 Å². The number of halogens is 2. The van der Waals surface area contributed by atoms with Crippen molar-refractivity contribution < 1.29 is 9.59 Å². The van der Waals surface area contributed by atoms with E-state index in [-0.39, 0.29) is 22.1 Å². The van der Waals surface area contributed by atoms with Gasteiger partial charge in [0.15, 0.2) is 0 Å². The van der Waals surface area contributed by atoms with E-state index in [1.54, 1.807) is 34.3 Å². The first-order valence-corrected chi connectivity index (χ1v) is 8.62. The highest BCUT2D eigenvalue weighted by Crippen LogP contribution is 2.17. The van der Waals surface area contributed by atoms with Crippen LogP contribution in [0.5, 0.6) is 0 Å². The standard InChI is InChI=1S/C17H16Cl2N4O2/c18-14-10-13(11-15(19)21-14)17(25)23-7-1-6-22(8-9-23)16(24)12-2-4-20-5-3-12/h2-5,10-11H,1,6-9H2. The summed E-state index contributed by atoms with van der Waals surface area (Å²) in [5.41, 5.74) is 1.00. The molecule has 0 radical (unpaired) electrons. The summed E-state index contributed by atoms with van der Waals surface area (Å²) in [6.45, 7) is 2.09. The Morgan fingerprint density at radius 3 is 1.92 bits per heavy atom. The molecule has 2 amide bonds. The average molecular weight is 379 g/mol. The van der Waals surface area contributed by atoms with Crippen molar-refractivity contribution in [3.05, 3.63) is 58.1 Å². The number of carbonyl (C=O) groups excluding carboxylic acids is 2. The van der Waals surface area contributed by atoms with Crippen LogP contribution in [0.15, 0.2) is 36.7 Å². The SMILES string of the molecule is O=C(c1ccncc1)N1CCCN(C(=O)c2cc(Cl)nc(Cl)c2)CC1. The molecule has 3 heterocycles. The number of rotatable bonds is 2. The first-order valence-electron chi connectivity index (χ1n) is 7.86. The fourth-order valence-electron chi connectivity index (χ4n) is 2.77. The number of nitrogens with zero attached hydrogens (tertiary/aromatic N) is 4. The largest absolute Gasteiger partial charge is 0.337 e. The first-order chi connectivity index (χ1) is 12.0. The molecule has 0 spiro atoms. The van der Waals surface area contributed by atoms with Gasteiger partial charge in [-0.15, -0.1) is 0 Å². The minimum Gasteiger partial charge on any atom is -0.337 e. The molecule has 1 aliphatic heterocycles. The summed E-state index contributed by atoms with van der Waals surface area (Å²) in [4.78, 5) is 36.5. The molecule has 1 aliphatic rings. The van der Waals surface area contributed by atoms with E-state index in [1.165, 1.54) is 12.1 Å². The Bertz CT molecular complexity index is 765. The number of carbonyl (C=O) groups is 2. The summed E-state index contributed by atoms with van der Waals surface area (Å²) in [5, 5.41) is 0.361. The number of pyridine rings is 2. The topological polar surface area (TPSA) is 66.4 Å². The Kier molecular flexibility index (Phi) is 5.50. The second-order valence-electron chi connectivity index (χ2n) is 5.68. The molecule has 6 nitrogen and oxygen atoms in total. The predicted molar refractivity (Wildman–Crippen MR) is 94.9 cm³/mol. The van der Waals surface area contributed by atoms with Gasteiger partial charge in [0.05, 0.1) is 0 Å². The Labute approximate surface area is 155 Å². The number of hydrogen-bond acceptors (Lipinski definition) is 4. The van der Waals surface area contributed by atoms with Crippen molar-refractivity contribution in [2.24, 2.45) is 0 Å². The molecule has 1 fully saturated rings. The molecule has 8 heteroatoms. The first kappa shape index (κ1) is 17.6. The predicted octanol–water partition coefficient (Wildman–Crippen LogP) is 2.77. The van der Waals surface area contributed by atoms with E-state index in [9.17, 15) is 9.59 Å². The Morgan fingerprint density at radius 2 is 1.36 bits per heavy atom. The third-order valence-corrected chi connectivity index (χ3v) is 4.39. The van der Waals surface area contributed by atoms with Crippen LogP contribution in [0.4, 0.5) is 0 Å². The third kappa shape index (κ3) is 4.27. The molecule has 25 heavy (non-hydrogen) atoms. The van der Waals surface area contributed by atoms with Gasteiger partial charge in [0, 0.05) is 49.7 Å². The maximum absolute atomic E-state index is 12.7. The van der Waals surface area contributed by atoms with E-state index in [1.807, 2.05) is 0 Å². The van der Waals surface area contributed by atoms with Gasteiger partial charge in [0.1, 0.15) is 10.3 Å². The minimum atomic E-state index is -0.163. The molecule has 0 unspecified atom stereocenters. The molecule has 1 saturated heterocycles. The van der Waals surface area contributed by atoms with E-state index in [0.717, 1.165) is 0 Å². The van der Waals surface area contributed by atoms with Crippen molar-refractivity contribution in [2.75, 3.05) is 26.2 Å². The molecular weight excluding hydrogens is 363 g/mol. The highest BCUT2D eigenvalue weighted by molar-refractivity contribution is 6.33. The zero-order chi connectivity index (χ0) is 17.8. The summed E-state index contributed by atoms with van der Waals surface area (Å²) in [5.74, 6) is -0.212. The number of amides is 2. The monoisotopic (exact) mass is 378 g/mol. The lowest BCUT2D eigenvalue weighted by molar-refractivity contribution is 0.0718. The summed E-state index contributed by atoms with van der Waals surface area (Å²) < 4.78 is 0. The number of aromatic nitrogens is 2. The van der Waals surface area contributed by atoms with Crippen LogP contribution < -0.4 is 0 Å². The molecule has 0 bridgehead atoms. The van der Waals surface area contributed by atoms with Gasteiger partial charge in [-0.25, -0.2) is 4.98 Å². The van der Waals surface area contributed by atoms with Gasteiger partial charge in [-0.1, -0.05) is 23.2 Å². The van der Waals surface area contributed by atoms with Gasteiger partial charge in [-0.3, -0.25) is 14.6 Å². The van der Waals surface area contributed by atoms with Crippen LogP contribution in [0, 0.1) is 0 Å². The second kappa shape index (κ2) is 7.80. The fraction of sp³-hybridized carbons (Fsp3) is 0.294. The Morgan fingerprint density at radius 1 is 0.840 bits per heavy atom. The van der Waals surface area contributed by atoms with E-state index < -0.39 is 0 Å². The summed E-state index contributed by atoms with van der Waals surface area (Å²) in [6, 6.07) is 6.38. The van der Waals surface area contributed by atoms with Crippen LogP contribution in [-0.2, 0) is 0 Å². The van der Waals surface area contributed by atoms with E-state index in [4.69, 9.17) is 23.2 Å². The fourth-order valence-corrected chi connectivity index (χ4v) is 3.23. The lowest BCUT2D eigenvalue weighted by atomic mass is 10.2. The third-order valence-electron chi connectivity index (χ3n) is 4.01. The second-order valence-corrected chi connectivity index (χ2v) is 6.45. The van der Waals surface area contributed by atoms with Crippen molar-refractivity contribution in [3.63, 3.8) is 0 Å². The highest BCUT2D eigenvalue weighted by Gasteiger charge is 2.24. The van der Waals surface area contributed by atoms with Crippen LogP contribution in [0.1, 0.15) is 27.1 Å². The van der Waals surface area contributed by atoms with Crippen molar-refractivity contribution >= 4 is 35.0 Å². The molecule has 0 atom stereocenters. The molecule has 2 aromatic rings. The summed E-state index contributed by atoms with van der Waals surface area (Å²) >= 11 is 11.7. The van der Waals surface area contributed by atoms with Crippen molar-refractivity contribution in [2.45, 2.75) is 6.42 Å². The molecule has 0 saturated carbocycles. The minimum absolute atomic E-state index is 0.0494. The molecule has 0 aliphatic carbocycles. The van der Waals surface area contributed by atoms with Gasteiger partial charge >= 0.3 is 0 Å². The van der Waals surface area contributed by atoms with E-state index >= 15 is 0 Å². The molecular formula is C17H16Cl2N4O2. The van der Waals surface area contributed by atoms with Crippen molar-refractivity contribution in [1.29, 1.82) is 0 Å². The maximum atomic E-state index is 12.7. The zero-order valence-corrected chi connectivity index (χ0v) is 14.9. The molecule has 130 valence electrons. The molecule has 0 N–H and O–H groups in total. The van der Waals surface area contributed by atoms with Crippen molar-refractivity contribution in [3.8, 4) is 0 Å². The molecule has 3 rings (SSSR count). The van der Waals surface area contributed by atoms with Gasteiger partial charge in [-0.05, 0) is 30.7 Å². The normalized spacial score (nSPS) is 15.0. The zero-order valence-electron chi connectivity index (χ0n) is 13.4. The average Bonchev–Trinajstić information content (AvgIpc) is 2.86. The van der Waals surface area contributed by atoms with E-state index in [2.05, 4.69) is 9.97 Å². The highest BCUT2D eigenvalue weighted by atomic mass is 35.5. The van der Waals surface area contributed by atoms with Crippen LogP contribution in [0.25, 0.3) is 0 Å². The smallest absolute Gasteiger partial charge is 0.254 e. The maximum Gasteiger partial charge on any atom is 0.254 e. The quantitative estimate of drug-likeness (QED) is 0.753. The molecule has 2 aromatic heterocycles. The van der Waals surface area contributed by atoms with Gasteiger partial charge in [0.25, 0.3) is 11.8 Å². The summed E-state index contributed by atoms with van der Waals surface area (Å²) in [6.07, 6.45) is 3.89. The lowest BCUT2D eigenvalue weighted by Gasteiger charge is -2.22. The van der Waals surface area contributed by atoms with Crippen LogP contribution >= 0.6 is 23.2 Å². The van der Waals surface area contributed by atoms with Gasteiger partial charge < -0.3 is 9.80 Å². The van der Waals surface area contributed by atoms with Gasteiger partial charge in [-0.2, -0.15) is 0 Å². The Balaban J connectivity index is 1.69. The number of hydrogen-bond donors (Lipinski definition) is 0. The van der Waals surface area contributed by atoms with Crippen LogP contribution in [0.3, 0.4) is 0 Å².